The summed E-state index contributed by atoms with van der Waals surface area (Å²) in [5, 5.41) is 5.46. The largest absolute Gasteiger partial charge is 0.359 e. The quantitative estimate of drug-likeness (QED) is 0.746. The van der Waals surface area contributed by atoms with Crippen LogP contribution in [0.25, 0.3) is 0 Å². The predicted octanol–water partition coefficient (Wildman–Crippen LogP) is 2.33. The standard InChI is InChI=1S/C16H14N2O3S2/c19-16(18-9-11-5-1-3-7-13(11)22)15-10-17-12-6-2-4-8-14(12)23(15,20)21/h1-8,10,17,22H,9H2,(H,18,19). The van der Waals surface area contributed by atoms with E-state index in [1.165, 1.54) is 12.3 Å². The highest BCUT2D eigenvalue weighted by atomic mass is 32.2. The van der Waals surface area contributed by atoms with Crippen molar-refractivity contribution in [2.45, 2.75) is 16.3 Å². The van der Waals surface area contributed by atoms with Gasteiger partial charge in [0.15, 0.2) is 4.91 Å². The molecule has 0 aliphatic carbocycles. The number of hydrogen-bond acceptors (Lipinski definition) is 5. The number of anilines is 1. The summed E-state index contributed by atoms with van der Waals surface area (Å²) < 4.78 is 25.1. The SMILES string of the molecule is O=C(NCc1ccccc1S)C1=CNc2ccccc2S1(=O)=O. The lowest BCUT2D eigenvalue weighted by atomic mass is 10.2. The van der Waals surface area contributed by atoms with E-state index in [0.29, 0.717) is 5.69 Å². The second-order valence-electron chi connectivity index (χ2n) is 4.96. The number of nitrogens with one attached hydrogen (secondary N) is 2. The van der Waals surface area contributed by atoms with E-state index in [4.69, 9.17) is 0 Å². The normalized spacial score (nSPS) is 15.1. The van der Waals surface area contributed by atoms with Crippen LogP contribution in [0.1, 0.15) is 5.56 Å². The molecule has 0 bridgehead atoms. The lowest BCUT2D eigenvalue weighted by Gasteiger charge is -2.18. The van der Waals surface area contributed by atoms with Crippen LogP contribution >= 0.6 is 12.6 Å². The summed E-state index contributed by atoms with van der Waals surface area (Å²) in [7, 11) is -3.83. The lowest BCUT2D eigenvalue weighted by Crippen LogP contribution is -2.30. The first-order valence-electron chi connectivity index (χ1n) is 6.86. The maximum absolute atomic E-state index is 12.5. The van der Waals surface area contributed by atoms with Crippen LogP contribution in [0.5, 0.6) is 0 Å². The summed E-state index contributed by atoms with van der Waals surface area (Å²) in [5.74, 6) is -0.649. The van der Waals surface area contributed by atoms with Crippen molar-refractivity contribution in [1.82, 2.24) is 5.32 Å². The molecule has 0 fully saturated rings. The Morgan fingerprint density at radius 1 is 1.09 bits per heavy atom. The third-order valence-electron chi connectivity index (χ3n) is 3.48. The Balaban J connectivity index is 1.81. The highest BCUT2D eigenvalue weighted by Gasteiger charge is 2.32. The van der Waals surface area contributed by atoms with E-state index in [1.807, 2.05) is 18.2 Å². The van der Waals surface area contributed by atoms with Crippen molar-refractivity contribution in [2.24, 2.45) is 0 Å². The van der Waals surface area contributed by atoms with Gasteiger partial charge in [0.1, 0.15) is 0 Å². The number of carbonyl (C=O) groups is 1. The van der Waals surface area contributed by atoms with E-state index in [0.717, 1.165) is 10.5 Å². The topological polar surface area (TPSA) is 75.3 Å². The fraction of sp³-hybridized carbons (Fsp3) is 0.0625. The van der Waals surface area contributed by atoms with Gasteiger partial charge in [0.2, 0.25) is 9.84 Å². The van der Waals surface area contributed by atoms with Gasteiger partial charge in [-0.3, -0.25) is 4.79 Å². The molecule has 23 heavy (non-hydrogen) atoms. The first kappa shape index (κ1) is 15.6. The molecule has 2 aromatic carbocycles. The van der Waals surface area contributed by atoms with Crippen molar-refractivity contribution >= 4 is 34.1 Å². The summed E-state index contributed by atoms with van der Waals surface area (Å²) in [6.45, 7) is 0.201. The lowest BCUT2D eigenvalue weighted by molar-refractivity contribution is -0.117. The van der Waals surface area contributed by atoms with E-state index in [2.05, 4.69) is 23.3 Å². The van der Waals surface area contributed by atoms with Gasteiger partial charge in [0.05, 0.1) is 10.6 Å². The average Bonchev–Trinajstić information content (AvgIpc) is 2.54. The molecule has 1 heterocycles. The first-order chi connectivity index (χ1) is 11.0. The van der Waals surface area contributed by atoms with Crippen molar-refractivity contribution in [3.8, 4) is 0 Å². The Morgan fingerprint density at radius 3 is 2.57 bits per heavy atom. The molecule has 1 amide bonds. The molecule has 0 radical (unpaired) electrons. The molecule has 0 aromatic heterocycles. The number of rotatable bonds is 3. The Bertz CT molecular complexity index is 905. The van der Waals surface area contributed by atoms with Crippen LogP contribution in [0.15, 0.2) is 69.4 Å². The highest BCUT2D eigenvalue weighted by Crippen LogP contribution is 2.30. The van der Waals surface area contributed by atoms with Crippen LogP contribution in [-0.4, -0.2) is 14.3 Å². The molecule has 0 atom stereocenters. The number of sulfone groups is 1. The van der Waals surface area contributed by atoms with Gasteiger partial charge in [-0.2, -0.15) is 0 Å². The van der Waals surface area contributed by atoms with Crippen molar-refractivity contribution in [3.63, 3.8) is 0 Å². The second-order valence-corrected chi connectivity index (χ2v) is 7.33. The van der Waals surface area contributed by atoms with Crippen LogP contribution in [0.2, 0.25) is 0 Å². The minimum atomic E-state index is -3.83. The predicted molar refractivity (Wildman–Crippen MR) is 90.9 cm³/mol. The molecule has 0 spiro atoms. The maximum Gasteiger partial charge on any atom is 0.264 e. The second kappa shape index (κ2) is 6.10. The Labute approximate surface area is 139 Å². The monoisotopic (exact) mass is 346 g/mol. The summed E-state index contributed by atoms with van der Waals surface area (Å²) in [6.07, 6.45) is 1.22. The van der Waals surface area contributed by atoms with Gasteiger partial charge in [-0.1, -0.05) is 30.3 Å². The van der Waals surface area contributed by atoms with Gasteiger partial charge in [0.25, 0.3) is 5.91 Å². The van der Waals surface area contributed by atoms with Gasteiger partial charge in [-0.15, -0.1) is 12.6 Å². The number of benzene rings is 2. The highest BCUT2D eigenvalue weighted by molar-refractivity contribution is 7.96. The van der Waals surface area contributed by atoms with Gasteiger partial charge >= 0.3 is 0 Å². The van der Waals surface area contributed by atoms with Crippen molar-refractivity contribution in [1.29, 1.82) is 0 Å². The van der Waals surface area contributed by atoms with Crippen LogP contribution < -0.4 is 10.6 Å². The smallest absolute Gasteiger partial charge is 0.264 e. The Kier molecular flexibility index (Phi) is 4.14. The third-order valence-corrected chi connectivity index (χ3v) is 5.73. The molecule has 7 heteroatoms. The number of para-hydroxylation sites is 1. The number of fused-ring (bicyclic) bond motifs is 1. The number of thiol groups is 1. The Morgan fingerprint density at radius 2 is 1.78 bits per heavy atom. The van der Waals surface area contributed by atoms with E-state index in [9.17, 15) is 13.2 Å². The maximum atomic E-state index is 12.5. The molecule has 0 saturated heterocycles. The van der Waals surface area contributed by atoms with Crippen LogP contribution in [-0.2, 0) is 21.2 Å². The molecule has 1 aliphatic rings. The summed E-state index contributed by atoms with van der Waals surface area (Å²) in [4.78, 5) is 12.8. The molecule has 0 unspecified atom stereocenters. The first-order valence-corrected chi connectivity index (χ1v) is 8.79. The van der Waals surface area contributed by atoms with Gasteiger partial charge in [0, 0.05) is 17.6 Å². The van der Waals surface area contributed by atoms with Crippen LogP contribution in [0, 0.1) is 0 Å². The average molecular weight is 346 g/mol. The summed E-state index contributed by atoms with van der Waals surface area (Å²) in [5.41, 5.74) is 1.27. The zero-order valence-corrected chi connectivity index (χ0v) is 13.7. The van der Waals surface area contributed by atoms with Crippen molar-refractivity contribution < 1.29 is 13.2 Å². The molecule has 2 aromatic rings. The van der Waals surface area contributed by atoms with Gasteiger partial charge in [-0.25, -0.2) is 8.42 Å². The zero-order chi connectivity index (χ0) is 16.4. The number of hydrogen-bond donors (Lipinski definition) is 3. The molecule has 118 valence electrons. The summed E-state index contributed by atoms with van der Waals surface area (Å²) >= 11 is 4.30. The molecule has 2 N–H and O–H groups in total. The van der Waals surface area contributed by atoms with E-state index >= 15 is 0 Å². The van der Waals surface area contributed by atoms with E-state index in [1.54, 1.807) is 24.3 Å². The molecule has 3 rings (SSSR count). The molecule has 1 aliphatic heterocycles. The van der Waals surface area contributed by atoms with Crippen LogP contribution in [0.4, 0.5) is 5.69 Å². The molecular formula is C16H14N2O3S2. The number of carbonyl (C=O) groups excluding carboxylic acids is 1. The van der Waals surface area contributed by atoms with Crippen molar-refractivity contribution in [2.75, 3.05) is 5.32 Å². The van der Waals surface area contributed by atoms with Gasteiger partial charge in [-0.05, 0) is 23.8 Å². The van der Waals surface area contributed by atoms with E-state index < -0.39 is 15.7 Å². The molecule has 0 saturated carbocycles. The fourth-order valence-electron chi connectivity index (χ4n) is 2.27. The minimum absolute atomic E-state index is 0.0993. The number of amides is 1. The van der Waals surface area contributed by atoms with Crippen molar-refractivity contribution in [3.05, 3.63) is 65.2 Å². The third kappa shape index (κ3) is 2.97. The van der Waals surface area contributed by atoms with Gasteiger partial charge < -0.3 is 10.6 Å². The summed E-state index contributed by atoms with van der Waals surface area (Å²) in [6, 6.07) is 13.8. The zero-order valence-electron chi connectivity index (χ0n) is 12.0. The minimum Gasteiger partial charge on any atom is -0.359 e. The molecule has 5 nitrogen and oxygen atoms in total. The van der Waals surface area contributed by atoms with Crippen LogP contribution in [0.3, 0.4) is 0 Å². The van der Waals surface area contributed by atoms with E-state index in [-0.39, 0.29) is 16.3 Å². The Hall–Kier alpha value is -2.25. The fourth-order valence-corrected chi connectivity index (χ4v) is 3.95. The molecular weight excluding hydrogens is 332 g/mol.